The van der Waals surface area contributed by atoms with E-state index >= 15 is 0 Å². The van der Waals surface area contributed by atoms with Gasteiger partial charge < -0.3 is 0 Å². The Morgan fingerprint density at radius 2 is 1.87 bits per heavy atom. The van der Waals surface area contributed by atoms with Crippen molar-refractivity contribution in [3.05, 3.63) is 35.4 Å². The highest BCUT2D eigenvalue weighted by Gasteiger charge is 2.09. The standard InChI is InChI=1S/C14H20O/c1-3-5-11-14(15)13-10-7-6-9-12(13)8-4-2/h6-7,9-10H,3-5,8,11H2,1-2H3. The summed E-state index contributed by atoms with van der Waals surface area (Å²) in [5.74, 6) is 0.306. The molecule has 0 aliphatic carbocycles. The van der Waals surface area contributed by atoms with Crippen molar-refractivity contribution in [2.24, 2.45) is 0 Å². The van der Waals surface area contributed by atoms with Gasteiger partial charge in [-0.05, 0) is 18.4 Å². The number of hydrogen-bond donors (Lipinski definition) is 0. The normalized spacial score (nSPS) is 10.3. The largest absolute Gasteiger partial charge is 0.294 e. The second-order valence-corrected chi connectivity index (χ2v) is 3.93. The van der Waals surface area contributed by atoms with Crippen LogP contribution in [-0.4, -0.2) is 5.78 Å². The Kier molecular flexibility index (Phi) is 5.09. The lowest BCUT2D eigenvalue weighted by Crippen LogP contribution is -2.03. The van der Waals surface area contributed by atoms with Crippen LogP contribution in [0.25, 0.3) is 0 Å². The Bertz CT molecular complexity index is 315. The molecule has 0 amide bonds. The molecule has 82 valence electrons. The van der Waals surface area contributed by atoms with E-state index in [1.807, 2.05) is 18.2 Å². The second kappa shape index (κ2) is 6.39. The first-order chi connectivity index (χ1) is 7.29. The van der Waals surface area contributed by atoms with Gasteiger partial charge in [-0.15, -0.1) is 0 Å². The van der Waals surface area contributed by atoms with E-state index in [1.165, 1.54) is 5.56 Å². The van der Waals surface area contributed by atoms with Crippen molar-refractivity contribution in [3.63, 3.8) is 0 Å². The summed E-state index contributed by atoms with van der Waals surface area (Å²) in [4.78, 5) is 11.9. The Balaban J connectivity index is 2.77. The average molecular weight is 204 g/mol. The molecule has 0 aliphatic rings. The van der Waals surface area contributed by atoms with Crippen LogP contribution in [0.2, 0.25) is 0 Å². The summed E-state index contributed by atoms with van der Waals surface area (Å²) in [7, 11) is 0. The minimum absolute atomic E-state index is 0.306. The number of carbonyl (C=O) groups is 1. The van der Waals surface area contributed by atoms with Gasteiger partial charge in [0, 0.05) is 12.0 Å². The van der Waals surface area contributed by atoms with Crippen molar-refractivity contribution in [3.8, 4) is 0 Å². The van der Waals surface area contributed by atoms with E-state index in [2.05, 4.69) is 19.9 Å². The van der Waals surface area contributed by atoms with Crippen LogP contribution in [0.3, 0.4) is 0 Å². The van der Waals surface area contributed by atoms with Crippen molar-refractivity contribution in [2.75, 3.05) is 0 Å². The summed E-state index contributed by atoms with van der Waals surface area (Å²) in [6.45, 7) is 4.26. The molecule has 0 N–H and O–H groups in total. The smallest absolute Gasteiger partial charge is 0.163 e. The number of ketones is 1. The molecule has 0 saturated carbocycles. The number of hydrogen-bond acceptors (Lipinski definition) is 1. The second-order valence-electron chi connectivity index (χ2n) is 3.93. The van der Waals surface area contributed by atoms with Crippen LogP contribution in [0, 0.1) is 0 Å². The van der Waals surface area contributed by atoms with Gasteiger partial charge in [0.05, 0.1) is 0 Å². The van der Waals surface area contributed by atoms with Gasteiger partial charge in [-0.1, -0.05) is 51.0 Å². The zero-order valence-corrected chi connectivity index (χ0v) is 9.75. The lowest BCUT2D eigenvalue weighted by atomic mass is 9.97. The zero-order chi connectivity index (χ0) is 11.1. The molecule has 0 heterocycles. The number of Topliss-reactive ketones (excluding diaryl/α,β-unsaturated/α-hetero) is 1. The maximum atomic E-state index is 11.9. The summed E-state index contributed by atoms with van der Waals surface area (Å²) in [6, 6.07) is 8.01. The minimum Gasteiger partial charge on any atom is -0.294 e. The molecule has 1 heteroatoms. The van der Waals surface area contributed by atoms with Crippen LogP contribution in [-0.2, 0) is 6.42 Å². The molecule has 15 heavy (non-hydrogen) atoms. The van der Waals surface area contributed by atoms with Gasteiger partial charge in [0.2, 0.25) is 0 Å². The third kappa shape index (κ3) is 3.50. The predicted molar refractivity (Wildman–Crippen MR) is 64.3 cm³/mol. The van der Waals surface area contributed by atoms with Crippen LogP contribution in [0.15, 0.2) is 24.3 Å². The number of unbranched alkanes of at least 4 members (excludes halogenated alkanes) is 1. The molecule has 1 nitrogen and oxygen atoms in total. The fourth-order valence-corrected chi connectivity index (χ4v) is 1.75. The highest BCUT2D eigenvalue weighted by atomic mass is 16.1. The highest BCUT2D eigenvalue weighted by molar-refractivity contribution is 5.97. The lowest BCUT2D eigenvalue weighted by molar-refractivity contribution is 0.0979. The molecule has 1 rings (SSSR count). The minimum atomic E-state index is 0.306. The molecule has 0 unspecified atom stereocenters. The molecule has 0 aromatic heterocycles. The van der Waals surface area contributed by atoms with E-state index < -0.39 is 0 Å². The van der Waals surface area contributed by atoms with Crippen LogP contribution >= 0.6 is 0 Å². The first-order valence-electron chi connectivity index (χ1n) is 5.90. The van der Waals surface area contributed by atoms with Gasteiger partial charge >= 0.3 is 0 Å². The molecular weight excluding hydrogens is 184 g/mol. The summed E-state index contributed by atoms with van der Waals surface area (Å²) < 4.78 is 0. The zero-order valence-electron chi connectivity index (χ0n) is 9.75. The van der Waals surface area contributed by atoms with Crippen molar-refractivity contribution in [2.45, 2.75) is 46.0 Å². The van der Waals surface area contributed by atoms with Crippen LogP contribution in [0.5, 0.6) is 0 Å². The number of aryl methyl sites for hydroxylation is 1. The number of rotatable bonds is 6. The van der Waals surface area contributed by atoms with Crippen LogP contribution in [0.1, 0.15) is 55.5 Å². The van der Waals surface area contributed by atoms with Crippen LogP contribution in [0.4, 0.5) is 0 Å². The monoisotopic (exact) mass is 204 g/mol. The third-order valence-corrected chi connectivity index (χ3v) is 2.59. The molecule has 0 spiro atoms. The van der Waals surface area contributed by atoms with Gasteiger partial charge in [-0.3, -0.25) is 4.79 Å². The molecule has 0 fully saturated rings. The van der Waals surface area contributed by atoms with E-state index in [4.69, 9.17) is 0 Å². The molecule has 1 aromatic rings. The molecule has 1 aromatic carbocycles. The molecule has 0 aliphatic heterocycles. The van der Waals surface area contributed by atoms with Gasteiger partial charge in [0.1, 0.15) is 0 Å². The summed E-state index contributed by atoms with van der Waals surface area (Å²) in [6.07, 6.45) is 4.88. The number of benzene rings is 1. The molecule has 0 bridgehead atoms. The molecule has 0 radical (unpaired) electrons. The van der Waals surface area contributed by atoms with E-state index in [9.17, 15) is 4.79 Å². The van der Waals surface area contributed by atoms with E-state index in [-0.39, 0.29) is 0 Å². The van der Waals surface area contributed by atoms with E-state index in [0.717, 1.165) is 31.2 Å². The first-order valence-corrected chi connectivity index (χ1v) is 5.90. The van der Waals surface area contributed by atoms with Gasteiger partial charge in [0.25, 0.3) is 0 Å². The van der Waals surface area contributed by atoms with Gasteiger partial charge in [-0.2, -0.15) is 0 Å². The average Bonchev–Trinajstić information content (AvgIpc) is 2.27. The van der Waals surface area contributed by atoms with Crippen molar-refractivity contribution in [1.29, 1.82) is 0 Å². The Morgan fingerprint density at radius 1 is 1.13 bits per heavy atom. The Morgan fingerprint density at radius 3 is 2.53 bits per heavy atom. The first kappa shape index (κ1) is 12.0. The van der Waals surface area contributed by atoms with Crippen LogP contribution < -0.4 is 0 Å². The SMILES string of the molecule is CCCCC(=O)c1ccccc1CCC. The number of carbonyl (C=O) groups excluding carboxylic acids is 1. The molecule has 0 atom stereocenters. The van der Waals surface area contributed by atoms with Crippen molar-refractivity contribution < 1.29 is 4.79 Å². The van der Waals surface area contributed by atoms with E-state index in [0.29, 0.717) is 12.2 Å². The Hall–Kier alpha value is -1.11. The highest BCUT2D eigenvalue weighted by Crippen LogP contribution is 2.14. The van der Waals surface area contributed by atoms with E-state index in [1.54, 1.807) is 0 Å². The summed E-state index contributed by atoms with van der Waals surface area (Å²) >= 11 is 0. The molecule has 0 saturated heterocycles. The maximum Gasteiger partial charge on any atom is 0.163 e. The fourth-order valence-electron chi connectivity index (χ4n) is 1.75. The van der Waals surface area contributed by atoms with Crippen molar-refractivity contribution >= 4 is 5.78 Å². The fraction of sp³-hybridized carbons (Fsp3) is 0.500. The maximum absolute atomic E-state index is 11.9. The predicted octanol–water partition coefficient (Wildman–Crippen LogP) is 4.01. The topological polar surface area (TPSA) is 17.1 Å². The summed E-state index contributed by atoms with van der Waals surface area (Å²) in [5.41, 5.74) is 2.15. The van der Waals surface area contributed by atoms with Gasteiger partial charge in [0.15, 0.2) is 5.78 Å². The molecular formula is C14H20O. The summed E-state index contributed by atoms with van der Waals surface area (Å²) in [5, 5.41) is 0. The quantitative estimate of drug-likeness (QED) is 0.640. The Labute approximate surface area is 92.5 Å². The van der Waals surface area contributed by atoms with Gasteiger partial charge in [-0.25, -0.2) is 0 Å². The van der Waals surface area contributed by atoms with Crippen molar-refractivity contribution in [1.82, 2.24) is 0 Å². The third-order valence-electron chi connectivity index (χ3n) is 2.59. The lowest BCUT2D eigenvalue weighted by Gasteiger charge is -2.06.